The zero-order valence-corrected chi connectivity index (χ0v) is 17.3. The van der Waals surface area contributed by atoms with Gasteiger partial charge in [0.25, 0.3) is 5.56 Å². The third-order valence-electron chi connectivity index (χ3n) is 5.14. The van der Waals surface area contributed by atoms with Crippen molar-refractivity contribution in [2.75, 3.05) is 18.1 Å². The van der Waals surface area contributed by atoms with E-state index in [1.165, 1.54) is 29.5 Å². The first kappa shape index (κ1) is 19.0. The number of likely N-dealkylation sites (tertiary alicyclic amines) is 1. The maximum absolute atomic E-state index is 12.9. The lowest BCUT2D eigenvalue weighted by molar-refractivity contribution is -0.131. The SMILES string of the molecule is CC1CCCCN1C(=O)CSc1nc2scc(-c3ccccc3)c2c(=O)n1N. The molecule has 8 heteroatoms. The Balaban J connectivity index is 1.60. The molecule has 146 valence electrons. The van der Waals surface area contributed by atoms with Crippen molar-refractivity contribution in [3.05, 3.63) is 46.1 Å². The summed E-state index contributed by atoms with van der Waals surface area (Å²) in [5.74, 6) is 6.35. The maximum Gasteiger partial charge on any atom is 0.282 e. The number of nitrogens with two attached hydrogens (primary N) is 1. The Morgan fingerprint density at radius 2 is 2.11 bits per heavy atom. The molecule has 6 nitrogen and oxygen atoms in total. The summed E-state index contributed by atoms with van der Waals surface area (Å²) < 4.78 is 1.07. The molecule has 1 fully saturated rings. The Kier molecular flexibility index (Phi) is 5.41. The van der Waals surface area contributed by atoms with Crippen molar-refractivity contribution in [2.24, 2.45) is 0 Å². The molecule has 0 radical (unpaired) electrons. The standard InChI is InChI=1S/C20H22N4O2S2/c1-13-7-5-6-10-23(13)16(25)12-28-20-22-18-17(19(26)24(20)21)15(11-27-18)14-8-3-2-4-9-14/h2-4,8-9,11,13H,5-7,10,12,21H2,1H3. The van der Waals surface area contributed by atoms with Crippen LogP contribution in [0, 0.1) is 0 Å². The molecule has 1 unspecified atom stereocenters. The van der Waals surface area contributed by atoms with Crippen molar-refractivity contribution in [1.29, 1.82) is 0 Å². The van der Waals surface area contributed by atoms with E-state index in [1.807, 2.05) is 40.6 Å². The first-order valence-corrected chi connectivity index (χ1v) is 11.2. The number of thioether (sulfide) groups is 1. The van der Waals surface area contributed by atoms with Crippen molar-refractivity contribution in [1.82, 2.24) is 14.6 Å². The number of benzene rings is 1. The van der Waals surface area contributed by atoms with Crippen molar-refractivity contribution >= 4 is 39.2 Å². The predicted molar refractivity (Wildman–Crippen MR) is 115 cm³/mol. The van der Waals surface area contributed by atoms with Gasteiger partial charge in [0.15, 0.2) is 5.16 Å². The molecular formula is C20H22N4O2S2. The Morgan fingerprint density at radius 1 is 1.32 bits per heavy atom. The van der Waals surface area contributed by atoms with Crippen LogP contribution in [0.3, 0.4) is 0 Å². The fourth-order valence-corrected chi connectivity index (χ4v) is 5.39. The Labute approximate surface area is 171 Å². The molecule has 0 saturated carbocycles. The van der Waals surface area contributed by atoms with Gasteiger partial charge in [0.1, 0.15) is 4.83 Å². The Morgan fingerprint density at radius 3 is 2.86 bits per heavy atom. The number of fused-ring (bicyclic) bond motifs is 1. The van der Waals surface area contributed by atoms with E-state index >= 15 is 0 Å². The highest BCUT2D eigenvalue weighted by Gasteiger charge is 2.24. The van der Waals surface area contributed by atoms with Crippen LogP contribution in [0.4, 0.5) is 0 Å². The molecule has 1 amide bonds. The molecule has 2 N–H and O–H groups in total. The molecule has 3 heterocycles. The van der Waals surface area contributed by atoms with E-state index in [9.17, 15) is 9.59 Å². The van der Waals surface area contributed by atoms with Crippen LogP contribution < -0.4 is 11.4 Å². The summed E-state index contributed by atoms with van der Waals surface area (Å²) in [6.45, 7) is 2.88. The summed E-state index contributed by atoms with van der Waals surface area (Å²) >= 11 is 2.65. The molecule has 3 aromatic rings. The number of piperidine rings is 1. The van der Waals surface area contributed by atoms with Gasteiger partial charge in [-0.2, -0.15) is 0 Å². The molecule has 0 bridgehead atoms. The second-order valence-electron chi connectivity index (χ2n) is 6.99. The molecule has 2 aromatic heterocycles. The average molecular weight is 415 g/mol. The molecular weight excluding hydrogens is 392 g/mol. The van der Waals surface area contributed by atoms with Gasteiger partial charge in [0.05, 0.1) is 11.1 Å². The molecule has 4 rings (SSSR count). The van der Waals surface area contributed by atoms with E-state index in [-0.39, 0.29) is 23.3 Å². The second-order valence-corrected chi connectivity index (χ2v) is 8.79. The summed E-state index contributed by atoms with van der Waals surface area (Å²) in [4.78, 5) is 32.6. The zero-order valence-electron chi connectivity index (χ0n) is 15.6. The second kappa shape index (κ2) is 7.97. The molecule has 0 aliphatic carbocycles. The number of nitrogens with zero attached hydrogens (tertiary/aromatic N) is 3. The van der Waals surface area contributed by atoms with Crippen molar-refractivity contribution in [3.63, 3.8) is 0 Å². The van der Waals surface area contributed by atoms with Crippen LogP contribution in [0.5, 0.6) is 0 Å². The number of amides is 1. The fraction of sp³-hybridized carbons (Fsp3) is 0.350. The molecule has 0 spiro atoms. The molecule has 1 saturated heterocycles. The van der Waals surface area contributed by atoms with Gasteiger partial charge in [-0.25, -0.2) is 9.66 Å². The highest BCUT2D eigenvalue weighted by Crippen LogP contribution is 2.31. The third kappa shape index (κ3) is 3.54. The summed E-state index contributed by atoms with van der Waals surface area (Å²) in [5, 5.41) is 2.83. The highest BCUT2D eigenvalue weighted by molar-refractivity contribution is 7.99. The lowest BCUT2D eigenvalue weighted by Crippen LogP contribution is -2.43. The van der Waals surface area contributed by atoms with Crippen LogP contribution in [0.1, 0.15) is 26.2 Å². The quantitative estimate of drug-likeness (QED) is 0.402. The first-order chi connectivity index (χ1) is 13.6. The van der Waals surface area contributed by atoms with Gasteiger partial charge in [-0.1, -0.05) is 42.1 Å². The predicted octanol–water partition coefficient (Wildman–Crippen LogP) is 3.33. The van der Waals surface area contributed by atoms with E-state index in [1.54, 1.807) is 0 Å². The van der Waals surface area contributed by atoms with E-state index in [4.69, 9.17) is 5.84 Å². The monoisotopic (exact) mass is 414 g/mol. The van der Waals surface area contributed by atoms with E-state index < -0.39 is 0 Å². The molecule has 28 heavy (non-hydrogen) atoms. The first-order valence-electron chi connectivity index (χ1n) is 9.33. The number of carbonyl (C=O) groups is 1. The Hall–Kier alpha value is -2.32. The van der Waals surface area contributed by atoms with Gasteiger partial charge in [-0.05, 0) is 31.7 Å². The summed E-state index contributed by atoms with van der Waals surface area (Å²) in [5.41, 5.74) is 1.51. The maximum atomic E-state index is 12.9. The van der Waals surface area contributed by atoms with Crippen LogP contribution >= 0.6 is 23.1 Å². The molecule has 1 aliphatic rings. The van der Waals surface area contributed by atoms with Crippen LogP contribution in [-0.4, -0.2) is 38.8 Å². The van der Waals surface area contributed by atoms with Gasteiger partial charge in [0, 0.05) is 23.5 Å². The van der Waals surface area contributed by atoms with Crippen molar-refractivity contribution in [3.8, 4) is 11.1 Å². The number of nitrogen functional groups attached to an aromatic ring is 1. The van der Waals surface area contributed by atoms with E-state index in [0.29, 0.717) is 15.4 Å². The topological polar surface area (TPSA) is 81.2 Å². The Bertz CT molecular complexity index is 1060. The number of hydrogen-bond acceptors (Lipinski definition) is 6. The van der Waals surface area contributed by atoms with Crippen LogP contribution in [0.2, 0.25) is 0 Å². The van der Waals surface area contributed by atoms with Gasteiger partial charge < -0.3 is 10.7 Å². The normalized spacial score (nSPS) is 17.2. The number of carbonyl (C=O) groups excluding carboxylic acids is 1. The molecule has 1 atom stereocenters. The largest absolute Gasteiger partial charge is 0.339 e. The number of hydrogen-bond donors (Lipinski definition) is 1. The number of thiophene rings is 1. The molecule has 1 aromatic carbocycles. The summed E-state index contributed by atoms with van der Waals surface area (Å²) in [6.07, 6.45) is 3.25. The lowest BCUT2D eigenvalue weighted by Gasteiger charge is -2.33. The minimum Gasteiger partial charge on any atom is -0.339 e. The van der Waals surface area contributed by atoms with Crippen molar-refractivity contribution in [2.45, 2.75) is 37.4 Å². The van der Waals surface area contributed by atoms with Crippen LogP contribution in [-0.2, 0) is 4.79 Å². The number of rotatable bonds is 4. The smallest absolute Gasteiger partial charge is 0.282 e. The highest BCUT2D eigenvalue weighted by atomic mass is 32.2. The summed E-state index contributed by atoms with van der Waals surface area (Å²) in [6, 6.07) is 10.00. The minimum atomic E-state index is -0.286. The van der Waals surface area contributed by atoms with Gasteiger partial charge in [0.2, 0.25) is 5.91 Å². The van der Waals surface area contributed by atoms with Crippen molar-refractivity contribution < 1.29 is 4.79 Å². The lowest BCUT2D eigenvalue weighted by atomic mass is 10.0. The fourth-order valence-electron chi connectivity index (χ4n) is 3.59. The third-order valence-corrected chi connectivity index (χ3v) is 6.95. The number of aromatic nitrogens is 2. The zero-order chi connectivity index (χ0) is 19.7. The van der Waals surface area contributed by atoms with Crippen LogP contribution in [0.25, 0.3) is 21.3 Å². The van der Waals surface area contributed by atoms with E-state index in [0.717, 1.165) is 35.2 Å². The minimum absolute atomic E-state index is 0.0719. The summed E-state index contributed by atoms with van der Waals surface area (Å²) in [7, 11) is 0. The van der Waals surface area contributed by atoms with E-state index in [2.05, 4.69) is 11.9 Å². The van der Waals surface area contributed by atoms with Gasteiger partial charge in [-0.15, -0.1) is 11.3 Å². The van der Waals surface area contributed by atoms with Gasteiger partial charge in [-0.3, -0.25) is 9.59 Å². The van der Waals surface area contributed by atoms with Gasteiger partial charge >= 0.3 is 0 Å². The molecule has 1 aliphatic heterocycles. The van der Waals surface area contributed by atoms with Crippen LogP contribution in [0.15, 0.2) is 45.7 Å². The average Bonchev–Trinajstić information content (AvgIpc) is 3.14.